The van der Waals surface area contributed by atoms with Crippen LogP contribution < -0.4 is 5.32 Å². The number of nitrogens with zero attached hydrogens (tertiary/aromatic N) is 2. The van der Waals surface area contributed by atoms with Crippen LogP contribution in [-0.2, 0) is 4.79 Å². The summed E-state index contributed by atoms with van der Waals surface area (Å²) in [5.74, 6) is 0.648. The maximum Gasteiger partial charge on any atom is 0.258 e. The van der Waals surface area contributed by atoms with Crippen molar-refractivity contribution in [2.75, 3.05) is 5.32 Å². The zero-order chi connectivity index (χ0) is 12.1. The van der Waals surface area contributed by atoms with E-state index in [1.807, 2.05) is 12.2 Å². The van der Waals surface area contributed by atoms with Crippen LogP contribution in [0, 0.1) is 5.92 Å². The Bertz CT molecular complexity index is 680. The second kappa shape index (κ2) is 3.26. The fourth-order valence-corrected chi connectivity index (χ4v) is 2.39. The summed E-state index contributed by atoms with van der Waals surface area (Å²) in [5, 5.41) is 2.70. The summed E-state index contributed by atoms with van der Waals surface area (Å²) in [6.07, 6.45) is 11.4. The molecule has 86 valence electrons. The summed E-state index contributed by atoms with van der Waals surface area (Å²) < 4.78 is 0. The Morgan fingerprint density at radius 1 is 1.22 bits per heavy atom. The van der Waals surface area contributed by atoms with Gasteiger partial charge in [-0.05, 0) is 34.9 Å². The van der Waals surface area contributed by atoms with E-state index < -0.39 is 0 Å². The fourth-order valence-electron chi connectivity index (χ4n) is 2.39. The van der Waals surface area contributed by atoms with Gasteiger partial charge < -0.3 is 0 Å². The highest BCUT2D eigenvalue weighted by atomic mass is 16.1. The number of anilines is 1. The third-order valence-corrected chi connectivity index (χ3v) is 3.32. The Kier molecular flexibility index (Phi) is 1.73. The van der Waals surface area contributed by atoms with E-state index in [4.69, 9.17) is 0 Å². The molecular weight excluding hydrogens is 226 g/mol. The fraction of sp³-hybridized carbons (Fsp3) is 0.0714. The molecule has 0 aromatic carbocycles. The highest BCUT2D eigenvalue weighted by Crippen LogP contribution is 2.51. The number of amides is 1. The van der Waals surface area contributed by atoms with Crippen molar-refractivity contribution in [1.29, 1.82) is 0 Å². The van der Waals surface area contributed by atoms with Gasteiger partial charge >= 0.3 is 0 Å². The molecule has 1 aromatic rings. The van der Waals surface area contributed by atoms with Crippen LogP contribution in [0.5, 0.6) is 0 Å². The quantitative estimate of drug-likeness (QED) is 0.850. The van der Waals surface area contributed by atoms with Crippen molar-refractivity contribution in [2.45, 2.75) is 0 Å². The molecule has 1 aromatic heterocycles. The lowest BCUT2D eigenvalue weighted by Gasteiger charge is -2.06. The molecule has 0 spiro atoms. The van der Waals surface area contributed by atoms with Crippen LogP contribution in [0.4, 0.5) is 5.95 Å². The predicted octanol–water partition coefficient (Wildman–Crippen LogP) is 1.78. The first-order valence-corrected chi connectivity index (χ1v) is 5.77. The van der Waals surface area contributed by atoms with Gasteiger partial charge in [-0.1, -0.05) is 12.2 Å². The molecule has 4 heteroatoms. The summed E-state index contributed by atoms with van der Waals surface area (Å²) in [6.45, 7) is 0. The van der Waals surface area contributed by atoms with E-state index in [1.165, 1.54) is 11.1 Å². The lowest BCUT2D eigenvalue weighted by molar-refractivity contribution is -0.112. The number of aromatic nitrogens is 2. The first kappa shape index (κ1) is 9.53. The maximum absolute atomic E-state index is 12.1. The van der Waals surface area contributed by atoms with Crippen molar-refractivity contribution in [2.24, 2.45) is 5.92 Å². The Balaban J connectivity index is 1.57. The molecule has 1 unspecified atom stereocenters. The van der Waals surface area contributed by atoms with Gasteiger partial charge in [0.05, 0.1) is 0 Å². The monoisotopic (exact) mass is 235 g/mol. The van der Waals surface area contributed by atoms with E-state index >= 15 is 0 Å². The summed E-state index contributed by atoms with van der Waals surface area (Å²) in [6, 6.07) is 1.71. The molecule has 0 radical (unpaired) electrons. The second-order valence-corrected chi connectivity index (χ2v) is 4.43. The average Bonchev–Trinajstić information content (AvgIpc) is 2.86. The van der Waals surface area contributed by atoms with Crippen LogP contribution in [0.3, 0.4) is 0 Å². The van der Waals surface area contributed by atoms with Crippen LogP contribution in [0.1, 0.15) is 0 Å². The van der Waals surface area contributed by atoms with Crippen molar-refractivity contribution >= 4 is 11.9 Å². The minimum Gasteiger partial charge on any atom is -0.290 e. The van der Waals surface area contributed by atoms with Gasteiger partial charge in [-0.15, -0.1) is 0 Å². The molecule has 4 nitrogen and oxygen atoms in total. The molecule has 3 aliphatic rings. The number of nitrogens with one attached hydrogen (secondary N) is 1. The van der Waals surface area contributed by atoms with E-state index in [9.17, 15) is 4.79 Å². The van der Waals surface area contributed by atoms with Crippen molar-refractivity contribution in [3.63, 3.8) is 0 Å². The smallest absolute Gasteiger partial charge is 0.258 e. The third-order valence-electron chi connectivity index (χ3n) is 3.32. The lowest BCUT2D eigenvalue weighted by Crippen LogP contribution is -2.16. The lowest BCUT2D eigenvalue weighted by atomic mass is 10.0. The first-order valence-electron chi connectivity index (χ1n) is 5.77. The average molecular weight is 235 g/mol. The summed E-state index contributed by atoms with van der Waals surface area (Å²) in [5.41, 5.74) is 4.31. The minimum atomic E-state index is -0.152. The molecule has 1 amide bonds. The zero-order valence-corrected chi connectivity index (χ0v) is 9.42. The highest BCUT2D eigenvalue weighted by Gasteiger charge is 2.39. The third kappa shape index (κ3) is 1.29. The minimum absolute atomic E-state index is 0.152. The number of carbonyl (C=O) groups is 1. The highest BCUT2D eigenvalue weighted by molar-refractivity contribution is 6.09. The van der Waals surface area contributed by atoms with Crippen LogP contribution in [0.15, 0.2) is 65.1 Å². The molecule has 1 N–H and O–H groups in total. The van der Waals surface area contributed by atoms with Crippen molar-refractivity contribution in [1.82, 2.24) is 9.97 Å². The zero-order valence-electron chi connectivity index (χ0n) is 9.42. The molecule has 18 heavy (non-hydrogen) atoms. The van der Waals surface area contributed by atoms with Crippen LogP contribution in [0.25, 0.3) is 0 Å². The molecule has 0 saturated heterocycles. The van der Waals surface area contributed by atoms with Gasteiger partial charge in [0.1, 0.15) is 0 Å². The Morgan fingerprint density at radius 2 is 2.06 bits per heavy atom. The van der Waals surface area contributed by atoms with Gasteiger partial charge in [-0.3, -0.25) is 10.1 Å². The van der Waals surface area contributed by atoms with E-state index in [-0.39, 0.29) is 5.91 Å². The predicted molar refractivity (Wildman–Crippen MR) is 66.5 cm³/mol. The number of fused-ring (bicyclic) bond motifs is 3. The normalized spacial score (nSPS) is 22.3. The molecule has 0 saturated carbocycles. The maximum atomic E-state index is 12.1. The van der Waals surface area contributed by atoms with Crippen LogP contribution >= 0.6 is 0 Å². The van der Waals surface area contributed by atoms with Crippen LogP contribution in [0.2, 0.25) is 0 Å². The molecule has 1 heterocycles. The molecule has 0 fully saturated rings. The van der Waals surface area contributed by atoms with Gasteiger partial charge in [0.15, 0.2) is 0 Å². The van der Waals surface area contributed by atoms with E-state index in [0.717, 1.165) is 5.57 Å². The molecule has 3 aliphatic carbocycles. The van der Waals surface area contributed by atoms with Crippen molar-refractivity contribution in [3.05, 3.63) is 65.1 Å². The van der Waals surface area contributed by atoms with Gasteiger partial charge in [0, 0.05) is 23.9 Å². The SMILES string of the molecule is O=C(Nc1ncccn1)C1=CC=C2C1=CC1=CC12. The van der Waals surface area contributed by atoms with Gasteiger partial charge in [0.2, 0.25) is 5.95 Å². The Morgan fingerprint density at radius 3 is 2.89 bits per heavy atom. The van der Waals surface area contributed by atoms with E-state index in [1.54, 1.807) is 18.5 Å². The summed E-state index contributed by atoms with van der Waals surface area (Å²) >= 11 is 0. The Labute approximate surface area is 103 Å². The second-order valence-electron chi connectivity index (χ2n) is 4.43. The molecule has 4 rings (SSSR count). The van der Waals surface area contributed by atoms with Gasteiger partial charge in [-0.25, -0.2) is 9.97 Å². The van der Waals surface area contributed by atoms with Crippen molar-refractivity contribution < 1.29 is 4.79 Å². The van der Waals surface area contributed by atoms with E-state index in [2.05, 4.69) is 27.4 Å². The van der Waals surface area contributed by atoms with Gasteiger partial charge in [0.25, 0.3) is 5.91 Å². The molecule has 1 atom stereocenters. The largest absolute Gasteiger partial charge is 0.290 e. The summed E-state index contributed by atoms with van der Waals surface area (Å²) in [7, 11) is 0. The van der Waals surface area contributed by atoms with Crippen LogP contribution in [-0.4, -0.2) is 15.9 Å². The van der Waals surface area contributed by atoms with E-state index in [0.29, 0.717) is 17.4 Å². The van der Waals surface area contributed by atoms with Gasteiger partial charge in [-0.2, -0.15) is 0 Å². The molecular formula is C14H9N3O. The molecule has 0 bridgehead atoms. The number of rotatable bonds is 2. The topological polar surface area (TPSA) is 54.9 Å². The molecule has 0 aliphatic heterocycles. The summed E-state index contributed by atoms with van der Waals surface area (Å²) in [4.78, 5) is 20.1. The first-order chi connectivity index (χ1) is 8.83. The number of hydrogen-bond acceptors (Lipinski definition) is 3. The Hall–Kier alpha value is -2.49. The number of hydrogen-bond donors (Lipinski definition) is 1. The van der Waals surface area contributed by atoms with Crippen molar-refractivity contribution in [3.8, 4) is 0 Å². The number of carbonyl (C=O) groups excluding carboxylic acids is 1. The standard InChI is InChI=1S/C14H9N3O/c18-13(17-14-15-4-1-5-16-14)10-3-2-9-11-6-8(11)7-12(9)10/h1-7,11H,(H,15,16,17,18). The number of allylic oxidation sites excluding steroid dienone is 6.